The van der Waals surface area contributed by atoms with Crippen LogP contribution in [0.4, 0.5) is 30.6 Å². The molecular weight excluding hydrogens is 481 g/mol. The Morgan fingerprint density at radius 3 is 2.76 bits per heavy atom. The highest BCUT2D eigenvalue weighted by molar-refractivity contribution is 5.88. The molecule has 0 spiro atoms. The van der Waals surface area contributed by atoms with E-state index in [1.807, 2.05) is 12.1 Å². The van der Waals surface area contributed by atoms with Crippen LogP contribution in [0.3, 0.4) is 0 Å². The van der Waals surface area contributed by atoms with Crippen molar-refractivity contribution >= 4 is 28.4 Å². The summed E-state index contributed by atoms with van der Waals surface area (Å²) < 4.78 is 41.3. The van der Waals surface area contributed by atoms with E-state index in [4.69, 9.17) is 0 Å². The Hall–Kier alpha value is -3.86. The fourth-order valence-electron chi connectivity index (χ4n) is 5.36. The highest BCUT2D eigenvalue weighted by Crippen LogP contribution is 2.44. The number of nitrogens with zero attached hydrogens (tertiary/aromatic N) is 6. The molecule has 1 saturated carbocycles. The molecule has 2 N–H and O–H groups in total. The normalized spacial score (nSPS) is 21.7. The minimum Gasteiger partial charge on any atom is -0.356 e. The fraction of sp³-hybridized carbons (Fsp3) is 0.346. The lowest BCUT2D eigenvalue weighted by atomic mass is 9.82. The average molecular weight is 507 g/mol. The summed E-state index contributed by atoms with van der Waals surface area (Å²) >= 11 is 0. The van der Waals surface area contributed by atoms with Gasteiger partial charge in [-0.15, -0.1) is 0 Å². The van der Waals surface area contributed by atoms with Crippen LogP contribution in [0.5, 0.6) is 0 Å². The number of aromatic nitrogens is 5. The number of hydrogen-bond donors (Lipinski definition) is 2. The SMILES string of the molecule is CN(c1ncnc2cnccc12)C1CC(c2ccnc(Nc3nc(F)cc(F)c3F)c2)NCC1C1CC1. The number of hydrogen-bond acceptors (Lipinski definition) is 8. The minimum absolute atomic E-state index is 0.0113. The third-order valence-corrected chi connectivity index (χ3v) is 7.36. The molecule has 1 aliphatic heterocycles. The molecule has 1 saturated heterocycles. The molecule has 2 fully saturated rings. The van der Waals surface area contributed by atoms with E-state index in [1.54, 1.807) is 31.0 Å². The molecule has 3 unspecified atom stereocenters. The van der Waals surface area contributed by atoms with Gasteiger partial charge in [-0.1, -0.05) is 0 Å². The Labute approximate surface area is 211 Å². The summed E-state index contributed by atoms with van der Waals surface area (Å²) in [6.07, 6.45) is 9.90. The molecule has 8 nitrogen and oxygen atoms in total. The first kappa shape index (κ1) is 23.5. The maximum absolute atomic E-state index is 14.1. The van der Waals surface area contributed by atoms with E-state index in [0.29, 0.717) is 17.9 Å². The van der Waals surface area contributed by atoms with Crippen molar-refractivity contribution < 1.29 is 13.2 Å². The summed E-state index contributed by atoms with van der Waals surface area (Å²) in [5.41, 5.74) is 1.73. The zero-order chi connectivity index (χ0) is 25.5. The van der Waals surface area contributed by atoms with Gasteiger partial charge in [-0.05, 0) is 54.9 Å². The van der Waals surface area contributed by atoms with Gasteiger partial charge in [0.25, 0.3) is 0 Å². The highest BCUT2D eigenvalue weighted by atomic mass is 19.2. The largest absolute Gasteiger partial charge is 0.356 e. The summed E-state index contributed by atoms with van der Waals surface area (Å²) in [6, 6.07) is 6.19. The Kier molecular flexibility index (Phi) is 6.07. The predicted molar refractivity (Wildman–Crippen MR) is 133 cm³/mol. The predicted octanol–water partition coefficient (Wildman–Crippen LogP) is 4.54. The van der Waals surface area contributed by atoms with Crippen LogP contribution in [0.2, 0.25) is 0 Å². The number of nitrogens with one attached hydrogen (secondary N) is 2. The van der Waals surface area contributed by atoms with Gasteiger partial charge in [0.15, 0.2) is 11.6 Å². The van der Waals surface area contributed by atoms with Gasteiger partial charge in [0.2, 0.25) is 11.8 Å². The molecule has 0 amide bonds. The van der Waals surface area contributed by atoms with Gasteiger partial charge in [0, 0.05) is 49.5 Å². The number of piperidine rings is 1. The van der Waals surface area contributed by atoms with Gasteiger partial charge in [0.05, 0.1) is 11.7 Å². The van der Waals surface area contributed by atoms with Gasteiger partial charge in [0.1, 0.15) is 18.0 Å². The lowest BCUT2D eigenvalue weighted by Crippen LogP contribution is -2.50. The van der Waals surface area contributed by atoms with Gasteiger partial charge >= 0.3 is 0 Å². The van der Waals surface area contributed by atoms with Crippen LogP contribution in [0.1, 0.15) is 30.9 Å². The van der Waals surface area contributed by atoms with Crippen molar-refractivity contribution in [1.82, 2.24) is 30.2 Å². The molecule has 37 heavy (non-hydrogen) atoms. The molecule has 6 rings (SSSR count). The van der Waals surface area contributed by atoms with Gasteiger partial charge in [-0.3, -0.25) is 4.98 Å². The second-order valence-corrected chi connectivity index (χ2v) is 9.65. The second-order valence-electron chi connectivity index (χ2n) is 9.65. The van der Waals surface area contributed by atoms with E-state index in [-0.39, 0.29) is 17.9 Å². The summed E-state index contributed by atoms with van der Waals surface area (Å²) in [5.74, 6) is -1.99. The summed E-state index contributed by atoms with van der Waals surface area (Å²) in [4.78, 5) is 23.0. The van der Waals surface area contributed by atoms with Crippen LogP contribution >= 0.6 is 0 Å². The topological polar surface area (TPSA) is 91.8 Å². The first-order valence-electron chi connectivity index (χ1n) is 12.2. The van der Waals surface area contributed by atoms with Crippen LogP contribution in [0, 0.1) is 29.4 Å². The Bertz CT molecular complexity index is 1440. The molecule has 4 aromatic rings. The Balaban J connectivity index is 1.27. The molecule has 4 aromatic heterocycles. The smallest absolute Gasteiger partial charge is 0.217 e. The van der Waals surface area contributed by atoms with Crippen molar-refractivity contribution in [2.75, 3.05) is 23.8 Å². The average Bonchev–Trinajstić information content (AvgIpc) is 3.76. The first-order chi connectivity index (χ1) is 18.0. The van der Waals surface area contributed by atoms with Crippen molar-refractivity contribution in [3.8, 4) is 0 Å². The van der Waals surface area contributed by atoms with E-state index in [9.17, 15) is 13.2 Å². The lowest BCUT2D eigenvalue weighted by Gasteiger charge is -2.43. The third-order valence-electron chi connectivity index (χ3n) is 7.36. The zero-order valence-corrected chi connectivity index (χ0v) is 20.1. The number of halogens is 3. The molecule has 11 heteroatoms. The molecule has 3 atom stereocenters. The van der Waals surface area contributed by atoms with Gasteiger partial charge < -0.3 is 15.5 Å². The fourth-order valence-corrected chi connectivity index (χ4v) is 5.36. The molecule has 190 valence electrons. The van der Waals surface area contributed by atoms with Crippen LogP contribution in [0.25, 0.3) is 10.9 Å². The zero-order valence-electron chi connectivity index (χ0n) is 20.1. The maximum Gasteiger partial charge on any atom is 0.217 e. The lowest BCUT2D eigenvalue weighted by molar-refractivity contribution is 0.242. The Morgan fingerprint density at radius 2 is 1.92 bits per heavy atom. The third kappa shape index (κ3) is 4.66. The molecule has 2 aliphatic rings. The van der Waals surface area contributed by atoms with E-state index in [0.717, 1.165) is 35.2 Å². The molecule has 1 aliphatic carbocycles. The van der Waals surface area contributed by atoms with Crippen LogP contribution in [-0.4, -0.2) is 44.6 Å². The summed E-state index contributed by atoms with van der Waals surface area (Å²) in [6.45, 7) is 0.839. The summed E-state index contributed by atoms with van der Waals surface area (Å²) in [7, 11) is 2.08. The Morgan fingerprint density at radius 1 is 1.05 bits per heavy atom. The van der Waals surface area contributed by atoms with E-state index >= 15 is 0 Å². The second kappa shape index (κ2) is 9.55. The van der Waals surface area contributed by atoms with Crippen molar-refractivity contribution in [1.29, 1.82) is 0 Å². The number of pyridine rings is 3. The molecular formula is C26H25F3N8. The monoisotopic (exact) mass is 506 g/mol. The van der Waals surface area contributed by atoms with E-state index in [2.05, 4.69) is 47.5 Å². The van der Waals surface area contributed by atoms with Crippen molar-refractivity contribution in [2.24, 2.45) is 11.8 Å². The van der Waals surface area contributed by atoms with Crippen molar-refractivity contribution in [2.45, 2.75) is 31.3 Å². The highest BCUT2D eigenvalue weighted by Gasteiger charge is 2.42. The molecule has 0 bridgehead atoms. The molecule has 5 heterocycles. The molecule has 0 aromatic carbocycles. The van der Waals surface area contributed by atoms with Crippen molar-refractivity contribution in [3.05, 3.63) is 72.3 Å². The number of fused-ring (bicyclic) bond motifs is 1. The summed E-state index contributed by atoms with van der Waals surface area (Å²) in [5, 5.41) is 7.23. The van der Waals surface area contributed by atoms with E-state index in [1.165, 1.54) is 12.8 Å². The minimum atomic E-state index is -1.31. The van der Waals surface area contributed by atoms with Crippen molar-refractivity contribution in [3.63, 3.8) is 0 Å². The van der Waals surface area contributed by atoms with Crippen LogP contribution < -0.4 is 15.5 Å². The van der Waals surface area contributed by atoms with Crippen LogP contribution in [0.15, 0.2) is 49.2 Å². The van der Waals surface area contributed by atoms with E-state index < -0.39 is 23.4 Å². The quantitative estimate of drug-likeness (QED) is 0.369. The van der Waals surface area contributed by atoms with Crippen LogP contribution in [-0.2, 0) is 0 Å². The maximum atomic E-state index is 14.1. The number of rotatable bonds is 6. The van der Waals surface area contributed by atoms with Gasteiger partial charge in [-0.25, -0.2) is 19.3 Å². The molecule has 0 radical (unpaired) electrons. The first-order valence-corrected chi connectivity index (χ1v) is 12.2. The van der Waals surface area contributed by atoms with Gasteiger partial charge in [-0.2, -0.15) is 13.8 Å². The standard InChI is InChI=1S/C26H25F3N8/c1-37(26-16-5-6-30-12-20(16)33-13-34-26)21-10-19(32-11-17(21)14-2-3-14)15-4-7-31-23(8-15)36-25-24(29)18(27)9-22(28)35-25/h4-9,12-14,17,19,21,32H,2-3,10-11H2,1H3,(H,31,35,36). The number of anilines is 3.